The van der Waals surface area contributed by atoms with E-state index in [-0.39, 0.29) is 5.91 Å². The van der Waals surface area contributed by atoms with Gasteiger partial charge in [0.25, 0.3) is 0 Å². The van der Waals surface area contributed by atoms with Gasteiger partial charge in [-0.05, 0) is 27.3 Å². The minimum atomic E-state index is -0.666. The topological polar surface area (TPSA) is 85.8 Å². The summed E-state index contributed by atoms with van der Waals surface area (Å²) in [6.45, 7) is 3.70. The van der Waals surface area contributed by atoms with Crippen LogP contribution in [0.25, 0.3) is 0 Å². The first kappa shape index (κ1) is 14.0. The molecule has 0 aliphatic rings. The summed E-state index contributed by atoms with van der Waals surface area (Å²) in [6.07, 6.45) is 0.648. The van der Waals surface area contributed by atoms with Crippen LogP contribution in [0.1, 0.15) is 19.2 Å². The summed E-state index contributed by atoms with van der Waals surface area (Å²) < 4.78 is 1.92. The number of nitrogens with zero attached hydrogens (tertiary/aromatic N) is 3. The Kier molecular flexibility index (Phi) is 4.53. The minimum Gasteiger partial charge on any atom is -0.368 e. The number of nitrogens with one attached hydrogen (secondary N) is 1. The van der Waals surface area contributed by atoms with Crippen molar-refractivity contribution in [2.24, 2.45) is 12.8 Å². The third-order valence-corrected chi connectivity index (χ3v) is 4.00. The zero-order chi connectivity index (χ0) is 13.1. The van der Waals surface area contributed by atoms with Crippen molar-refractivity contribution in [1.29, 1.82) is 0 Å². The maximum Gasteiger partial charge on any atom is 0.237 e. The average molecular weight is 257 g/mol. The van der Waals surface area contributed by atoms with Crippen LogP contribution in [0.15, 0.2) is 5.16 Å². The molecule has 7 heteroatoms. The van der Waals surface area contributed by atoms with E-state index in [9.17, 15) is 4.79 Å². The van der Waals surface area contributed by atoms with Gasteiger partial charge in [-0.25, -0.2) is 0 Å². The molecule has 17 heavy (non-hydrogen) atoms. The third kappa shape index (κ3) is 3.19. The van der Waals surface area contributed by atoms with Gasteiger partial charge in [-0.3, -0.25) is 4.79 Å². The maximum atomic E-state index is 11.3. The van der Waals surface area contributed by atoms with Crippen LogP contribution in [0.5, 0.6) is 0 Å². The van der Waals surface area contributed by atoms with Gasteiger partial charge in [0.2, 0.25) is 5.91 Å². The number of hydrogen-bond acceptors (Lipinski definition) is 5. The average Bonchev–Trinajstić information content (AvgIpc) is 2.60. The number of hydrogen-bond donors (Lipinski definition) is 2. The third-order valence-electron chi connectivity index (χ3n) is 2.98. The van der Waals surface area contributed by atoms with Crippen LogP contribution in [-0.2, 0) is 11.8 Å². The zero-order valence-corrected chi connectivity index (χ0v) is 11.5. The molecule has 0 radical (unpaired) electrons. The van der Waals surface area contributed by atoms with Crippen molar-refractivity contribution in [3.05, 3.63) is 5.82 Å². The number of primary amides is 1. The second-order valence-corrected chi connectivity index (χ2v) is 5.20. The lowest BCUT2D eigenvalue weighted by Crippen LogP contribution is -2.51. The highest BCUT2D eigenvalue weighted by molar-refractivity contribution is 7.99. The molecule has 1 amide bonds. The fraction of sp³-hybridized carbons (Fsp3) is 0.700. The molecule has 1 aromatic heterocycles. The molecule has 0 aliphatic carbocycles. The molecule has 1 unspecified atom stereocenters. The highest BCUT2D eigenvalue weighted by Crippen LogP contribution is 2.20. The smallest absolute Gasteiger partial charge is 0.237 e. The van der Waals surface area contributed by atoms with Crippen LogP contribution in [-0.4, -0.2) is 39.0 Å². The van der Waals surface area contributed by atoms with Crippen LogP contribution in [0.3, 0.4) is 0 Å². The van der Waals surface area contributed by atoms with Crippen LogP contribution in [0.2, 0.25) is 0 Å². The quantitative estimate of drug-likeness (QED) is 0.704. The monoisotopic (exact) mass is 257 g/mol. The fourth-order valence-electron chi connectivity index (χ4n) is 1.23. The zero-order valence-electron chi connectivity index (χ0n) is 10.6. The Balaban J connectivity index is 2.53. The van der Waals surface area contributed by atoms with Gasteiger partial charge in [0, 0.05) is 12.8 Å². The lowest BCUT2D eigenvalue weighted by molar-refractivity contribution is -0.123. The van der Waals surface area contributed by atoms with Crippen molar-refractivity contribution in [3.63, 3.8) is 0 Å². The van der Waals surface area contributed by atoms with Crippen molar-refractivity contribution >= 4 is 17.7 Å². The van der Waals surface area contributed by atoms with Gasteiger partial charge < -0.3 is 15.6 Å². The number of likely N-dealkylation sites (N-methyl/N-ethyl adjacent to an activating group) is 1. The van der Waals surface area contributed by atoms with E-state index < -0.39 is 5.54 Å². The van der Waals surface area contributed by atoms with Crippen molar-refractivity contribution in [3.8, 4) is 0 Å². The molecule has 0 saturated carbocycles. The van der Waals surface area contributed by atoms with Gasteiger partial charge in [-0.1, -0.05) is 11.8 Å². The van der Waals surface area contributed by atoms with Crippen LogP contribution in [0, 0.1) is 6.92 Å². The fourth-order valence-corrected chi connectivity index (χ4v) is 2.35. The van der Waals surface area contributed by atoms with Crippen molar-refractivity contribution in [2.75, 3.05) is 12.8 Å². The molecule has 0 aromatic carbocycles. The van der Waals surface area contributed by atoms with Crippen molar-refractivity contribution in [1.82, 2.24) is 20.1 Å². The predicted molar refractivity (Wildman–Crippen MR) is 67.7 cm³/mol. The molecule has 3 N–H and O–H groups in total. The first-order valence-corrected chi connectivity index (χ1v) is 6.37. The van der Waals surface area contributed by atoms with Crippen LogP contribution >= 0.6 is 11.8 Å². The molecular formula is C10H19N5OS. The number of amides is 1. The van der Waals surface area contributed by atoms with Gasteiger partial charge >= 0.3 is 0 Å². The normalized spacial score (nSPS) is 14.6. The Morgan fingerprint density at radius 3 is 2.65 bits per heavy atom. The summed E-state index contributed by atoms with van der Waals surface area (Å²) in [5.41, 5.74) is 4.69. The number of rotatable bonds is 6. The number of carbonyl (C=O) groups excluding carboxylic acids is 1. The Hall–Kier alpha value is -1.08. The van der Waals surface area contributed by atoms with Gasteiger partial charge in [0.05, 0.1) is 5.54 Å². The van der Waals surface area contributed by atoms with E-state index in [4.69, 9.17) is 5.73 Å². The van der Waals surface area contributed by atoms with E-state index in [1.54, 1.807) is 25.7 Å². The van der Waals surface area contributed by atoms with E-state index >= 15 is 0 Å². The molecule has 0 fully saturated rings. The molecule has 0 spiro atoms. The van der Waals surface area contributed by atoms with Crippen LogP contribution in [0.4, 0.5) is 0 Å². The number of nitrogens with two attached hydrogens (primary N) is 1. The lowest BCUT2D eigenvalue weighted by Gasteiger charge is -2.24. The Bertz CT molecular complexity index is 405. The summed E-state index contributed by atoms with van der Waals surface area (Å²) >= 11 is 1.57. The van der Waals surface area contributed by atoms with E-state index in [0.29, 0.717) is 6.42 Å². The van der Waals surface area contributed by atoms with Crippen molar-refractivity contribution < 1.29 is 4.79 Å². The first-order valence-electron chi connectivity index (χ1n) is 5.38. The van der Waals surface area contributed by atoms with E-state index in [0.717, 1.165) is 16.7 Å². The summed E-state index contributed by atoms with van der Waals surface area (Å²) in [7, 11) is 3.66. The van der Waals surface area contributed by atoms with Gasteiger partial charge in [-0.15, -0.1) is 10.2 Å². The number of aryl methyl sites for hydroxylation is 1. The standard InChI is InChI=1S/C10H19N5OS/c1-7-13-14-9(15(7)4)17-6-5-10(2,12-3)8(11)16/h12H,5-6H2,1-4H3,(H2,11,16). The molecule has 0 bridgehead atoms. The number of thioether (sulfide) groups is 1. The first-order chi connectivity index (χ1) is 7.90. The van der Waals surface area contributed by atoms with E-state index in [2.05, 4.69) is 15.5 Å². The summed E-state index contributed by atoms with van der Waals surface area (Å²) in [6, 6.07) is 0. The Morgan fingerprint density at radius 2 is 2.24 bits per heavy atom. The summed E-state index contributed by atoms with van der Waals surface area (Å²) in [5, 5.41) is 11.8. The molecule has 6 nitrogen and oxygen atoms in total. The molecule has 1 rings (SSSR count). The highest BCUT2D eigenvalue weighted by Gasteiger charge is 2.28. The summed E-state index contributed by atoms with van der Waals surface area (Å²) in [4.78, 5) is 11.3. The largest absolute Gasteiger partial charge is 0.368 e. The van der Waals surface area contributed by atoms with E-state index in [1.807, 2.05) is 18.5 Å². The van der Waals surface area contributed by atoms with Crippen molar-refractivity contribution in [2.45, 2.75) is 31.0 Å². The van der Waals surface area contributed by atoms with E-state index in [1.165, 1.54) is 0 Å². The van der Waals surface area contributed by atoms with Gasteiger partial charge in [0.15, 0.2) is 5.16 Å². The molecule has 1 heterocycles. The highest BCUT2D eigenvalue weighted by atomic mass is 32.2. The second kappa shape index (κ2) is 5.50. The Morgan fingerprint density at radius 1 is 1.59 bits per heavy atom. The summed E-state index contributed by atoms with van der Waals surface area (Å²) in [5.74, 6) is 1.29. The van der Waals surface area contributed by atoms with Crippen LogP contribution < -0.4 is 11.1 Å². The Labute approximate surface area is 105 Å². The molecule has 0 saturated heterocycles. The minimum absolute atomic E-state index is 0.338. The molecule has 96 valence electrons. The number of carbonyl (C=O) groups is 1. The number of aromatic nitrogens is 3. The molecule has 1 aromatic rings. The van der Waals surface area contributed by atoms with Gasteiger partial charge in [0.1, 0.15) is 5.82 Å². The maximum absolute atomic E-state index is 11.3. The molecule has 1 atom stereocenters. The SMILES string of the molecule is CNC(C)(CCSc1nnc(C)n1C)C(N)=O. The predicted octanol–water partition coefficient (Wildman–Crippen LogP) is 0.0691. The molecule has 0 aliphatic heterocycles. The molecular weight excluding hydrogens is 238 g/mol. The second-order valence-electron chi connectivity index (χ2n) is 4.13. The lowest BCUT2D eigenvalue weighted by atomic mass is 9.99. The van der Waals surface area contributed by atoms with Gasteiger partial charge in [-0.2, -0.15) is 0 Å².